The summed E-state index contributed by atoms with van der Waals surface area (Å²) in [6.07, 6.45) is 1.21. The third kappa shape index (κ3) is 3.22. The van der Waals surface area contributed by atoms with Crippen molar-refractivity contribution in [3.05, 3.63) is 64.1 Å². The lowest BCUT2D eigenvalue weighted by Crippen LogP contribution is -2.31. The van der Waals surface area contributed by atoms with E-state index in [0.29, 0.717) is 12.5 Å². The van der Waals surface area contributed by atoms with Gasteiger partial charge in [0, 0.05) is 23.5 Å². The fraction of sp³-hybridized carbons (Fsp3) is 0.294. The van der Waals surface area contributed by atoms with Gasteiger partial charge in [0.2, 0.25) is 0 Å². The standard InChI is InChI=1S/C17H18BrNO/c18-15-5-7-16(8-6-15)20-10-9-19-12-14-11-13-3-1-2-4-17(13)14/h1-8,14,19H,9-12H2. The maximum Gasteiger partial charge on any atom is 0.119 e. The average molecular weight is 332 g/mol. The molecule has 104 valence electrons. The lowest BCUT2D eigenvalue weighted by Gasteiger charge is -2.30. The fourth-order valence-electron chi connectivity index (χ4n) is 2.59. The second-order valence-electron chi connectivity index (χ2n) is 5.11. The fourth-order valence-corrected chi connectivity index (χ4v) is 2.86. The molecule has 1 unspecified atom stereocenters. The van der Waals surface area contributed by atoms with Crippen molar-refractivity contribution < 1.29 is 4.74 Å². The highest BCUT2D eigenvalue weighted by atomic mass is 79.9. The van der Waals surface area contributed by atoms with Gasteiger partial charge < -0.3 is 10.1 Å². The van der Waals surface area contributed by atoms with Crippen LogP contribution in [0.4, 0.5) is 0 Å². The molecule has 20 heavy (non-hydrogen) atoms. The zero-order valence-corrected chi connectivity index (χ0v) is 12.9. The molecule has 0 aliphatic heterocycles. The topological polar surface area (TPSA) is 21.3 Å². The second-order valence-corrected chi connectivity index (χ2v) is 6.02. The van der Waals surface area contributed by atoms with Gasteiger partial charge in [-0.05, 0) is 41.8 Å². The first-order valence-electron chi connectivity index (χ1n) is 7.00. The van der Waals surface area contributed by atoms with Crippen molar-refractivity contribution in [3.63, 3.8) is 0 Å². The number of ether oxygens (including phenoxy) is 1. The molecule has 0 saturated carbocycles. The summed E-state index contributed by atoms with van der Waals surface area (Å²) < 4.78 is 6.76. The minimum absolute atomic E-state index is 0.680. The molecule has 1 aliphatic rings. The van der Waals surface area contributed by atoms with Gasteiger partial charge in [0.1, 0.15) is 12.4 Å². The van der Waals surface area contributed by atoms with Gasteiger partial charge >= 0.3 is 0 Å². The first-order chi connectivity index (χ1) is 9.83. The Hall–Kier alpha value is -1.32. The molecule has 0 aromatic heterocycles. The quantitative estimate of drug-likeness (QED) is 0.814. The summed E-state index contributed by atoms with van der Waals surface area (Å²) in [6.45, 7) is 2.63. The Labute approximate surface area is 128 Å². The maximum absolute atomic E-state index is 5.68. The molecule has 1 N–H and O–H groups in total. The number of hydrogen-bond donors (Lipinski definition) is 1. The third-order valence-corrected chi connectivity index (χ3v) is 4.24. The average Bonchev–Trinajstić information content (AvgIpc) is 2.45. The van der Waals surface area contributed by atoms with Crippen molar-refractivity contribution >= 4 is 15.9 Å². The molecule has 0 fully saturated rings. The molecule has 0 radical (unpaired) electrons. The van der Waals surface area contributed by atoms with Gasteiger partial charge in [-0.3, -0.25) is 0 Å². The molecule has 2 aromatic carbocycles. The Bertz CT molecular complexity index is 567. The van der Waals surface area contributed by atoms with Crippen LogP contribution in [0.25, 0.3) is 0 Å². The first-order valence-corrected chi connectivity index (χ1v) is 7.79. The van der Waals surface area contributed by atoms with Crippen molar-refractivity contribution in [1.29, 1.82) is 0 Å². The minimum Gasteiger partial charge on any atom is -0.492 e. The Morgan fingerprint density at radius 1 is 1.10 bits per heavy atom. The van der Waals surface area contributed by atoms with Gasteiger partial charge in [0.25, 0.3) is 0 Å². The highest BCUT2D eigenvalue weighted by molar-refractivity contribution is 9.10. The van der Waals surface area contributed by atoms with Gasteiger partial charge in [0.15, 0.2) is 0 Å². The van der Waals surface area contributed by atoms with Crippen LogP contribution in [-0.4, -0.2) is 19.7 Å². The Morgan fingerprint density at radius 3 is 2.70 bits per heavy atom. The largest absolute Gasteiger partial charge is 0.492 e. The van der Waals surface area contributed by atoms with Crippen LogP contribution in [0.1, 0.15) is 17.0 Å². The zero-order valence-electron chi connectivity index (χ0n) is 11.3. The van der Waals surface area contributed by atoms with Gasteiger partial charge in [0.05, 0.1) is 0 Å². The molecule has 2 aromatic rings. The van der Waals surface area contributed by atoms with Crippen LogP contribution in [0.2, 0.25) is 0 Å². The monoisotopic (exact) mass is 331 g/mol. The molecule has 3 heteroatoms. The van der Waals surface area contributed by atoms with Crippen molar-refractivity contribution in [1.82, 2.24) is 5.32 Å². The number of fused-ring (bicyclic) bond motifs is 1. The van der Waals surface area contributed by atoms with Gasteiger partial charge in [-0.25, -0.2) is 0 Å². The Morgan fingerprint density at radius 2 is 1.90 bits per heavy atom. The second kappa shape index (κ2) is 6.42. The summed E-state index contributed by atoms with van der Waals surface area (Å²) in [5.74, 6) is 1.60. The maximum atomic E-state index is 5.68. The van der Waals surface area contributed by atoms with E-state index < -0.39 is 0 Å². The van der Waals surface area contributed by atoms with E-state index in [1.165, 1.54) is 17.5 Å². The lowest BCUT2D eigenvalue weighted by atomic mass is 9.78. The number of benzene rings is 2. The molecule has 1 aliphatic carbocycles. The summed E-state index contributed by atoms with van der Waals surface area (Å²) in [5, 5.41) is 3.48. The summed E-state index contributed by atoms with van der Waals surface area (Å²) in [5.41, 5.74) is 3.01. The summed E-state index contributed by atoms with van der Waals surface area (Å²) in [7, 11) is 0. The van der Waals surface area contributed by atoms with Gasteiger partial charge in [-0.1, -0.05) is 40.2 Å². The van der Waals surface area contributed by atoms with Crippen LogP contribution >= 0.6 is 15.9 Å². The van der Waals surface area contributed by atoms with Crippen LogP contribution in [0.15, 0.2) is 53.0 Å². The van der Waals surface area contributed by atoms with E-state index in [0.717, 1.165) is 23.3 Å². The van der Waals surface area contributed by atoms with Crippen molar-refractivity contribution in [3.8, 4) is 5.75 Å². The smallest absolute Gasteiger partial charge is 0.119 e. The van der Waals surface area contributed by atoms with E-state index in [9.17, 15) is 0 Å². The molecular formula is C17H18BrNO. The van der Waals surface area contributed by atoms with Crippen molar-refractivity contribution in [2.75, 3.05) is 19.7 Å². The van der Waals surface area contributed by atoms with Crippen LogP contribution < -0.4 is 10.1 Å². The number of halogens is 1. The van der Waals surface area contributed by atoms with E-state index in [1.807, 2.05) is 24.3 Å². The molecule has 0 bridgehead atoms. The lowest BCUT2D eigenvalue weighted by molar-refractivity contribution is 0.311. The van der Waals surface area contributed by atoms with Crippen LogP contribution in [0.5, 0.6) is 5.75 Å². The van der Waals surface area contributed by atoms with E-state index in [4.69, 9.17) is 4.74 Å². The summed E-state index contributed by atoms with van der Waals surface area (Å²) in [6, 6.07) is 16.7. The predicted molar refractivity (Wildman–Crippen MR) is 85.4 cm³/mol. The molecule has 0 spiro atoms. The van der Waals surface area contributed by atoms with Crippen molar-refractivity contribution in [2.24, 2.45) is 0 Å². The van der Waals surface area contributed by atoms with E-state index in [1.54, 1.807) is 0 Å². The van der Waals surface area contributed by atoms with E-state index in [-0.39, 0.29) is 0 Å². The normalized spacial score (nSPS) is 16.4. The summed E-state index contributed by atoms with van der Waals surface area (Å²) in [4.78, 5) is 0. The Balaban J connectivity index is 1.35. The van der Waals surface area contributed by atoms with Crippen LogP contribution in [0, 0.1) is 0 Å². The van der Waals surface area contributed by atoms with E-state index in [2.05, 4.69) is 45.5 Å². The molecule has 1 atom stereocenters. The highest BCUT2D eigenvalue weighted by Gasteiger charge is 2.24. The molecule has 0 saturated heterocycles. The summed E-state index contributed by atoms with van der Waals surface area (Å²) >= 11 is 3.41. The zero-order chi connectivity index (χ0) is 13.8. The highest BCUT2D eigenvalue weighted by Crippen LogP contribution is 2.33. The molecular weight excluding hydrogens is 314 g/mol. The van der Waals surface area contributed by atoms with Gasteiger partial charge in [-0.2, -0.15) is 0 Å². The van der Waals surface area contributed by atoms with Crippen LogP contribution in [0.3, 0.4) is 0 Å². The Kier molecular flexibility index (Phi) is 4.38. The van der Waals surface area contributed by atoms with Crippen molar-refractivity contribution in [2.45, 2.75) is 12.3 Å². The third-order valence-electron chi connectivity index (χ3n) is 3.71. The number of rotatable bonds is 6. The predicted octanol–water partition coefficient (Wildman–Crippen LogP) is 3.76. The van der Waals surface area contributed by atoms with Crippen LogP contribution in [-0.2, 0) is 6.42 Å². The molecule has 0 heterocycles. The SMILES string of the molecule is Brc1ccc(OCCNCC2Cc3ccccc32)cc1. The number of nitrogens with one attached hydrogen (secondary N) is 1. The molecule has 2 nitrogen and oxygen atoms in total. The number of hydrogen-bond acceptors (Lipinski definition) is 2. The molecule has 3 rings (SSSR count). The first kappa shape index (κ1) is 13.7. The minimum atomic E-state index is 0.680. The molecule has 0 amide bonds. The van der Waals surface area contributed by atoms with E-state index >= 15 is 0 Å². The van der Waals surface area contributed by atoms with Gasteiger partial charge in [-0.15, -0.1) is 0 Å².